The van der Waals surface area contributed by atoms with E-state index >= 15 is 0 Å². The molecule has 6 N–H and O–H groups in total. The summed E-state index contributed by atoms with van der Waals surface area (Å²) >= 11 is 0. The molecule has 0 fully saturated rings. The van der Waals surface area contributed by atoms with Crippen LogP contribution in [0.4, 0.5) is 5.82 Å². The monoisotopic (exact) mass is 487 g/mol. The van der Waals surface area contributed by atoms with Crippen molar-refractivity contribution < 1.29 is 4.84 Å². The zero-order chi connectivity index (χ0) is 25.8. The number of amidine groups is 1. The summed E-state index contributed by atoms with van der Waals surface area (Å²) in [7, 11) is 0. The van der Waals surface area contributed by atoms with Gasteiger partial charge < -0.3 is 31.4 Å². The van der Waals surface area contributed by atoms with Crippen molar-refractivity contribution in [2.45, 2.75) is 66.4 Å². The number of rotatable bonds is 15. The Kier molecular flexibility index (Phi) is 11.6. The molecule has 1 unspecified atom stereocenters. The number of anilines is 1. The summed E-state index contributed by atoms with van der Waals surface area (Å²) < 4.78 is 0. The van der Waals surface area contributed by atoms with Gasteiger partial charge in [0.25, 0.3) is 0 Å². The molecule has 1 aliphatic rings. The number of oxime groups is 1. The SMILES string of the molecule is C=C(/N=C(\C=C(/N)Nc1cc(C(C)C)[nH]n1)NCCCN(CC)CC)NCC1CC(C(C)C)=NO1. The summed E-state index contributed by atoms with van der Waals surface area (Å²) in [4.78, 5) is 12.5. The van der Waals surface area contributed by atoms with E-state index in [1.54, 1.807) is 6.08 Å². The molecule has 2 heterocycles. The summed E-state index contributed by atoms with van der Waals surface area (Å²) in [6.45, 7) is 21.3. The van der Waals surface area contributed by atoms with Crippen molar-refractivity contribution >= 4 is 17.4 Å². The summed E-state index contributed by atoms with van der Waals surface area (Å²) in [6, 6.07) is 1.95. The van der Waals surface area contributed by atoms with E-state index in [9.17, 15) is 0 Å². The van der Waals surface area contributed by atoms with Gasteiger partial charge in [-0.3, -0.25) is 5.10 Å². The van der Waals surface area contributed by atoms with Crippen LogP contribution >= 0.6 is 0 Å². The number of H-pyrrole nitrogens is 1. The molecule has 0 amide bonds. The molecular formula is C25H45N9O. The van der Waals surface area contributed by atoms with E-state index in [0.29, 0.717) is 41.7 Å². The van der Waals surface area contributed by atoms with Crippen LogP contribution in [0.2, 0.25) is 0 Å². The second-order valence-electron chi connectivity index (χ2n) is 9.39. The van der Waals surface area contributed by atoms with Gasteiger partial charge in [-0.15, -0.1) is 0 Å². The van der Waals surface area contributed by atoms with E-state index in [1.807, 2.05) is 6.07 Å². The third kappa shape index (κ3) is 10.0. The van der Waals surface area contributed by atoms with Crippen LogP contribution in [0.1, 0.15) is 66.0 Å². The van der Waals surface area contributed by atoms with Crippen molar-refractivity contribution in [2.24, 2.45) is 21.8 Å². The van der Waals surface area contributed by atoms with Crippen molar-refractivity contribution in [3.63, 3.8) is 0 Å². The van der Waals surface area contributed by atoms with Gasteiger partial charge >= 0.3 is 0 Å². The second-order valence-corrected chi connectivity index (χ2v) is 9.39. The lowest BCUT2D eigenvalue weighted by atomic mass is 10.0. The molecule has 1 aliphatic heterocycles. The molecule has 1 atom stereocenters. The molecule has 0 spiro atoms. The predicted molar refractivity (Wildman–Crippen MR) is 145 cm³/mol. The minimum atomic E-state index is -0.0121. The van der Waals surface area contributed by atoms with Gasteiger partial charge in [0.15, 0.2) is 5.82 Å². The molecule has 0 aliphatic carbocycles. The minimum absolute atomic E-state index is 0.0121. The number of nitrogens with two attached hydrogens (primary N) is 1. The topological polar surface area (TPSA) is 128 Å². The molecule has 0 saturated heterocycles. The van der Waals surface area contributed by atoms with Gasteiger partial charge in [-0.25, -0.2) is 4.99 Å². The fourth-order valence-electron chi connectivity index (χ4n) is 3.53. The van der Waals surface area contributed by atoms with Crippen LogP contribution in [0.5, 0.6) is 0 Å². The lowest BCUT2D eigenvalue weighted by molar-refractivity contribution is 0.0869. The van der Waals surface area contributed by atoms with E-state index in [1.165, 1.54) is 0 Å². The summed E-state index contributed by atoms with van der Waals surface area (Å²) in [5.74, 6) is 3.00. The van der Waals surface area contributed by atoms with Crippen molar-refractivity contribution in [1.82, 2.24) is 25.7 Å². The average Bonchev–Trinajstić information content (AvgIpc) is 3.47. The number of nitrogens with one attached hydrogen (secondary N) is 4. The first-order chi connectivity index (χ1) is 16.7. The van der Waals surface area contributed by atoms with E-state index in [4.69, 9.17) is 10.6 Å². The zero-order valence-corrected chi connectivity index (χ0v) is 22.3. The molecule has 1 aromatic rings. The highest BCUT2D eigenvalue weighted by atomic mass is 16.6. The highest BCUT2D eigenvalue weighted by Crippen LogP contribution is 2.16. The molecule has 35 heavy (non-hydrogen) atoms. The van der Waals surface area contributed by atoms with Crippen LogP contribution in [-0.4, -0.2) is 65.5 Å². The van der Waals surface area contributed by atoms with Crippen molar-refractivity contribution in [3.8, 4) is 0 Å². The van der Waals surface area contributed by atoms with E-state index in [2.05, 4.69) is 89.3 Å². The van der Waals surface area contributed by atoms with E-state index < -0.39 is 0 Å². The number of hydrogen-bond acceptors (Lipinski definition) is 8. The predicted octanol–water partition coefficient (Wildman–Crippen LogP) is 3.33. The van der Waals surface area contributed by atoms with Crippen molar-refractivity contribution in [3.05, 3.63) is 36.1 Å². The quantitative estimate of drug-likeness (QED) is 0.146. The number of aromatic nitrogens is 2. The fourth-order valence-corrected chi connectivity index (χ4v) is 3.53. The van der Waals surface area contributed by atoms with E-state index in [-0.39, 0.29) is 6.10 Å². The Morgan fingerprint density at radius 2 is 2.03 bits per heavy atom. The number of hydrogen-bond donors (Lipinski definition) is 5. The number of aliphatic imine (C=N–C) groups is 1. The van der Waals surface area contributed by atoms with Gasteiger partial charge in [0.2, 0.25) is 0 Å². The van der Waals surface area contributed by atoms with Gasteiger partial charge in [0, 0.05) is 30.8 Å². The average molecular weight is 488 g/mol. The Bertz CT molecular complexity index is 881. The molecule has 0 radical (unpaired) electrons. The van der Waals surface area contributed by atoms with Gasteiger partial charge in [-0.05, 0) is 37.9 Å². The number of aromatic amines is 1. The summed E-state index contributed by atoms with van der Waals surface area (Å²) in [6.07, 6.45) is 3.56. The Labute approximate surface area is 210 Å². The Hall–Kier alpha value is -3.01. The third-order valence-electron chi connectivity index (χ3n) is 5.85. The molecule has 196 valence electrons. The maximum absolute atomic E-state index is 6.26. The summed E-state index contributed by atoms with van der Waals surface area (Å²) in [5.41, 5.74) is 8.39. The molecule has 0 aromatic carbocycles. The molecule has 0 saturated carbocycles. The second kappa shape index (κ2) is 14.4. The molecule has 10 heteroatoms. The Balaban J connectivity index is 1.98. The van der Waals surface area contributed by atoms with Crippen LogP contribution in [0.15, 0.2) is 40.5 Å². The van der Waals surface area contributed by atoms with Gasteiger partial charge in [0.05, 0.1) is 12.3 Å². The third-order valence-corrected chi connectivity index (χ3v) is 5.85. The smallest absolute Gasteiger partial charge is 0.153 e. The maximum atomic E-state index is 6.26. The lowest BCUT2D eigenvalue weighted by Crippen LogP contribution is -2.31. The molecule has 1 aromatic heterocycles. The van der Waals surface area contributed by atoms with Crippen LogP contribution in [0, 0.1) is 5.92 Å². The van der Waals surface area contributed by atoms with Crippen LogP contribution in [0.3, 0.4) is 0 Å². The first-order valence-electron chi connectivity index (χ1n) is 12.7. The Morgan fingerprint density at radius 3 is 2.63 bits per heavy atom. The largest absolute Gasteiger partial charge is 0.390 e. The van der Waals surface area contributed by atoms with Gasteiger partial charge in [0.1, 0.15) is 23.6 Å². The lowest BCUT2D eigenvalue weighted by Gasteiger charge is -2.18. The van der Waals surface area contributed by atoms with Crippen LogP contribution < -0.4 is 21.7 Å². The zero-order valence-electron chi connectivity index (χ0n) is 22.3. The van der Waals surface area contributed by atoms with E-state index in [0.717, 1.165) is 50.4 Å². The van der Waals surface area contributed by atoms with Crippen molar-refractivity contribution in [1.29, 1.82) is 0 Å². The molecule has 10 nitrogen and oxygen atoms in total. The standard InChI is InChI=1S/C25H45N9O/c1-8-34(9-2)12-10-11-27-24(15-23(26)30-25-14-21(17(3)4)31-32-25)29-19(7)28-16-20-13-22(18(5)6)33-35-20/h14-15,17-18,20,28H,7-13,16,26H2,1-6H3,(H,27,29)(H2,30,31,32)/b23-15+. The first kappa shape index (κ1) is 28.2. The fraction of sp³-hybridized carbons (Fsp3) is 0.640. The minimum Gasteiger partial charge on any atom is -0.390 e. The van der Waals surface area contributed by atoms with Crippen LogP contribution in [0.25, 0.3) is 0 Å². The first-order valence-corrected chi connectivity index (χ1v) is 12.7. The highest BCUT2D eigenvalue weighted by molar-refractivity contribution is 5.94. The number of nitrogens with zero attached hydrogens (tertiary/aromatic N) is 4. The normalized spacial score (nSPS) is 16.6. The highest BCUT2D eigenvalue weighted by Gasteiger charge is 2.22. The molecular weight excluding hydrogens is 442 g/mol. The molecule has 2 rings (SSSR count). The van der Waals surface area contributed by atoms with Crippen molar-refractivity contribution in [2.75, 3.05) is 38.0 Å². The van der Waals surface area contributed by atoms with Gasteiger partial charge in [-0.2, -0.15) is 5.10 Å². The van der Waals surface area contributed by atoms with Crippen LogP contribution in [-0.2, 0) is 4.84 Å². The Morgan fingerprint density at radius 1 is 1.29 bits per heavy atom. The molecule has 0 bridgehead atoms. The van der Waals surface area contributed by atoms with Gasteiger partial charge in [-0.1, -0.05) is 53.3 Å². The maximum Gasteiger partial charge on any atom is 0.153 e. The summed E-state index contributed by atoms with van der Waals surface area (Å²) in [5, 5.41) is 21.2.